The molecule has 2 rings (SSSR count). The molecule has 0 aromatic heterocycles. The number of likely N-dealkylation sites (tertiary alicyclic amines) is 1. The number of rotatable bonds is 3. The average Bonchev–Trinajstić information content (AvgIpc) is 2.55. The van der Waals surface area contributed by atoms with Crippen LogP contribution in [0.25, 0.3) is 0 Å². The maximum atomic E-state index is 6.24. The van der Waals surface area contributed by atoms with Crippen LogP contribution in [0.1, 0.15) is 37.8 Å². The van der Waals surface area contributed by atoms with Gasteiger partial charge in [0, 0.05) is 17.1 Å². The van der Waals surface area contributed by atoms with E-state index in [1.165, 1.54) is 37.9 Å². The SMILES string of the molecule is C[C@H](NC1CCCN(C)CC1)c1ccccc1Cl. The molecule has 1 aromatic carbocycles. The third kappa shape index (κ3) is 3.71. The van der Waals surface area contributed by atoms with Crippen molar-refractivity contribution in [2.24, 2.45) is 0 Å². The van der Waals surface area contributed by atoms with Crippen LogP contribution in [-0.2, 0) is 0 Å². The summed E-state index contributed by atoms with van der Waals surface area (Å²) in [5.74, 6) is 0. The topological polar surface area (TPSA) is 15.3 Å². The molecule has 0 amide bonds. The zero-order valence-corrected chi connectivity index (χ0v) is 12.1. The molecule has 1 N–H and O–H groups in total. The van der Waals surface area contributed by atoms with Gasteiger partial charge < -0.3 is 10.2 Å². The fourth-order valence-corrected chi connectivity index (χ4v) is 2.98. The maximum Gasteiger partial charge on any atom is 0.0453 e. The van der Waals surface area contributed by atoms with Crippen molar-refractivity contribution in [1.82, 2.24) is 10.2 Å². The first-order valence-electron chi connectivity index (χ1n) is 6.86. The molecule has 0 saturated carbocycles. The monoisotopic (exact) mass is 266 g/mol. The second-order valence-electron chi connectivity index (χ2n) is 5.34. The minimum atomic E-state index is 0.326. The Morgan fingerprint density at radius 3 is 2.83 bits per heavy atom. The molecule has 0 bridgehead atoms. The van der Waals surface area contributed by atoms with Crippen LogP contribution in [0, 0.1) is 0 Å². The summed E-state index contributed by atoms with van der Waals surface area (Å²) in [5, 5.41) is 4.59. The summed E-state index contributed by atoms with van der Waals surface area (Å²) in [7, 11) is 2.21. The van der Waals surface area contributed by atoms with E-state index in [-0.39, 0.29) is 0 Å². The second kappa shape index (κ2) is 6.55. The number of hydrogen-bond acceptors (Lipinski definition) is 2. The Hall–Kier alpha value is -0.570. The van der Waals surface area contributed by atoms with Crippen LogP contribution in [0.2, 0.25) is 5.02 Å². The first-order valence-corrected chi connectivity index (χ1v) is 7.23. The number of hydrogen-bond donors (Lipinski definition) is 1. The maximum absolute atomic E-state index is 6.24. The van der Waals surface area contributed by atoms with Crippen LogP contribution in [0.5, 0.6) is 0 Å². The molecule has 2 nitrogen and oxygen atoms in total. The third-order valence-corrected chi connectivity index (χ3v) is 4.15. The van der Waals surface area contributed by atoms with E-state index in [2.05, 4.69) is 36.3 Å². The van der Waals surface area contributed by atoms with Gasteiger partial charge in [0.25, 0.3) is 0 Å². The van der Waals surface area contributed by atoms with Gasteiger partial charge in [-0.05, 0) is 58.0 Å². The van der Waals surface area contributed by atoms with E-state index in [1.54, 1.807) is 0 Å². The predicted molar refractivity (Wildman–Crippen MR) is 78.1 cm³/mol. The Balaban J connectivity index is 1.94. The molecule has 100 valence electrons. The zero-order chi connectivity index (χ0) is 13.0. The minimum Gasteiger partial charge on any atom is -0.307 e. The molecular weight excluding hydrogens is 244 g/mol. The van der Waals surface area contributed by atoms with Crippen molar-refractivity contribution in [3.63, 3.8) is 0 Å². The predicted octanol–water partition coefficient (Wildman–Crippen LogP) is 3.47. The molecule has 1 fully saturated rings. The summed E-state index contributed by atoms with van der Waals surface area (Å²) < 4.78 is 0. The lowest BCUT2D eigenvalue weighted by Crippen LogP contribution is -2.32. The highest BCUT2D eigenvalue weighted by Gasteiger charge is 2.18. The van der Waals surface area contributed by atoms with Crippen molar-refractivity contribution in [3.05, 3.63) is 34.9 Å². The molecule has 2 atom stereocenters. The van der Waals surface area contributed by atoms with Crippen molar-refractivity contribution in [2.75, 3.05) is 20.1 Å². The largest absolute Gasteiger partial charge is 0.307 e. The highest BCUT2D eigenvalue weighted by Crippen LogP contribution is 2.23. The second-order valence-corrected chi connectivity index (χ2v) is 5.75. The number of benzene rings is 1. The van der Waals surface area contributed by atoms with Crippen LogP contribution in [0.3, 0.4) is 0 Å². The van der Waals surface area contributed by atoms with Gasteiger partial charge >= 0.3 is 0 Å². The normalized spacial score (nSPS) is 23.6. The molecule has 0 radical (unpaired) electrons. The van der Waals surface area contributed by atoms with E-state index in [1.807, 2.05) is 12.1 Å². The first-order chi connectivity index (χ1) is 8.66. The van der Waals surface area contributed by atoms with Gasteiger partial charge in [-0.25, -0.2) is 0 Å². The van der Waals surface area contributed by atoms with Gasteiger partial charge in [-0.1, -0.05) is 29.8 Å². The Morgan fingerprint density at radius 1 is 1.28 bits per heavy atom. The van der Waals surface area contributed by atoms with Gasteiger partial charge in [0.15, 0.2) is 0 Å². The minimum absolute atomic E-state index is 0.326. The number of halogens is 1. The van der Waals surface area contributed by atoms with Crippen molar-refractivity contribution < 1.29 is 0 Å². The summed E-state index contributed by atoms with van der Waals surface area (Å²) >= 11 is 6.24. The van der Waals surface area contributed by atoms with Crippen molar-refractivity contribution in [3.8, 4) is 0 Å². The van der Waals surface area contributed by atoms with E-state index in [9.17, 15) is 0 Å². The molecule has 1 aliphatic rings. The van der Waals surface area contributed by atoms with Crippen LogP contribution < -0.4 is 5.32 Å². The molecular formula is C15H23ClN2. The molecule has 18 heavy (non-hydrogen) atoms. The summed E-state index contributed by atoms with van der Waals surface area (Å²) in [4.78, 5) is 2.42. The quantitative estimate of drug-likeness (QED) is 0.901. The van der Waals surface area contributed by atoms with Gasteiger partial charge in [-0.2, -0.15) is 0 Å². The summed E-state index contributed by atoms with van der Waals surface area (Å²) in [5.41, 5.74) is 1.21. The lowest BCUT2D eigenvalue weighted by atomic mass is 10.0. The summed E-state index contributed by atoms with van der Waals surface area (Å²) in [6.45, 7) is 4.61. The van der Waals surface area contributed by atoms with Crippen LogP contribution in [0.4, 0.5) is 0 Å². The lowest BCUT2D eigenvalue weighted by molar-refractivity contribution is 0.340. The van der Waals surface area contributed by atoms with Crippen LogP contribution >= 0.6 is 11.6 Å². The molecule has 1 aromatic rings. The molecule has 0 aliphatic carbocycles. The average molecular weight is 267 g/mol. The summed E-state index contributed by atoms with van der Waals surface area (Å²) in [6.07, 6.45) is 3.77. The van der Waals surface area contributed by atoms with E-state index < -0.39 is 0 Å². The van der Waals surface area contributed by atoms with E-state index >= 15 is 0 Å². The van der Waals surface area contributed by atoms with Crippen molar-refractivity contribution in [2.45, 2.75) is 38.3 Å². The standard InChI is InChI=1S/C15H23ClN2/c1-12(14-7-3-4-8-15(14)16)17-13-6-5-10-18(2)11-9-13/h3-4,7-8,12-13,17H,5-6,9-11H2,1-2H3/t12-,13?/m0/s1. The molecule has 0 spiro atoms. The zero-order valence-electron chi connectivity index (χ0n) is 11.3. The molecule has 3 heteroatoms. The molecule has 1 unspecified atom stereocenters. The van der Waals surface area contributed by atoms with Gasteiger partial charge in [0.2, 0.25) is 0 Å². The van der Waals surface area contributed by atoms with E-state index in [0.29, 0.717) is 12.1 Å². The fraction of sp³-hybridized carbons (Fsp3) is 0.600. The highest BCUT2D eigenvalue weighted by molar-refractivity contribution is 6.31. The van der Waals surface area contributed by atoms with Gasteiger partial charge in [0.05, 0.1) is 0 Å². The van der Waals surface area contributed by atoms with Crippen molar-refractivity contribution in [1.29, 1.82) is 0 Å². The molecule has 1 saturated heterocycles. The van der Waals surface area contributed by atoms with Crippen LogP contribution in [-0.4, -0.2) is 31.1 Å². The van der Waals surface area contributed by atoms with Gasteiger partial charge in [0.1, 0.15) is 0 Å². The Morgan fingerprint density at radius 2 is 2.06 bits per heavy atom. The van der Waals surface area contributed by atoms with Crippen LogP contribution in [0.15, 0.2) is 24.3 Å². The Bertz CT molecular complexity index is 381. The lowest BCUT2D eigenvalue weighted by Gasteiger charge is -2.23. The first kappa shape index (κ1) is 13.9. The number of nitrogens with zero attached hydrogens (tertiary/aromatic N) is 1. The molecule has 1 aliphatic heterocycles. The fourth-order valence-electron chi connectivity index (χ4n) is 2.68. The Kier molecular flexibility index (Phi) is 5.04. The molecule has 1 heterocycles. The highest BCUT2D eigenvalue weighted by atomic mass is 35.5. The smallest absolute Gasteiger partial charge is 0.0453 e. The van der Waals surface area contributed by atoms with Crippen molar-refractivity contribution >= 4 is 11.6 Å². The number of nitrogens with one attached hydrogen (secondary N) is 1. The van der Waals surface area contributed by atoms with E-state index in [0.717, 1.165) is 5.02 Å². The van der Waals surface area contributed by atoms with Gasteiger partial charge in [-0.15, -0.1) is 0 Å². The summed E-state index contributed by atoms with van der Waals surface area (Å²) in [6, 6.07) is 9.06. The third-order valence-electron chi connectivity index (χ3n) is 3.81. The Labute approximate surface area is 115 Å². The van der Waals surface area contributed by atoms with Gasteiger partial charge in [-0.3, -0.25) is 0 Å². The van der Waals surface area contributed by atoms with E-state index in [4.69, 9.17) is 11.6 Å².